The van der Waals surface area contributed by atoms with Crippen molar-refractivity contribution in [2.75, 3.05) is 11.9 Å². The molecule has 0 aliphatic carbocycles. The molecule has 0 saturated heterocycles. The van der Waals surface area contributed by atoms with Gasteiger partial charge in [0.25, 0.3) is 5.91 Å². The lowest BCUT2D eigenvalue weighted by molar-refractivity contribution is -0.137. The standard InChI is InChI=1S/C19H13F3N2O4/c20-19(21,22)13-6-2-4-8-15(13)24-17(26)10-28-18(27)12-9-16(25)23-14-7-3-1-5-11(12)14/h1-9H,10H2,(H,23,25)(H,24,26). The highest BCUT2D eigenvalue weighted by Gasteiger charge is 2.33. The van der Waals surface area contributed by atoms with Crippen LogP contribution in [0.15, 0.2) is 59.4 Å². The predicted octanol–water partition coefficient (Wildman–Crippen LogP) is 3.34. The van der Waals surface area contributed by atoms with Crippen LogP contribution in [0.3, 0.4) is 0 Å². The predicted molar refractivity (Wildman–Crippen MR) is 94.9 cm³/mol. The largest absolute Gasteiger partial charge is 0.452 e. The van der Waals surface area contributed by atoms with Crippen LogP contribution in [-0.2, 0) is 15.7 Å². The molecular formula is C19H13F3N2O4. The van der Waals surface area contributed by atoms with E-state index in [9.17, 15) is 27.6 Å². The number of anilines is 1. The fourth-order valence-corrected chi connectivity index (χ4v) is 2.61. The number of alkyl halides is 3. The van der Waals surface area contributed by atoms with Gasteiger partial charge < -0.3 is 15.0 Å². The van der Waals surface area contributed by atoms with Crippen LogP contribution < -0.4 is 10.9 Å². The molecule has 1 amide bonds. The molecule has 1 aromatic heterocycles. The van der Waals surface area contributed by atoms with E-state index >= 15 is 0 Å². The van der Waals surface area contributed by atoms with Crippen molar-refractivity contribution in [1.29, 1.82) is 0 Å². The number of H-pyrrole nitrogens is 1. The van der Waals surface area contributed by atoms with Crippen LogP contribution in [0.4, 0.5) is 18.9 Å². The Kier molecular flexibility index (Phi) is 5.16. The first kappa shape index (κ1) is 19.2. The normalized spacial score (nSPS) is 11.2. The number of pyridine rings is 1. The Morgan fingerprint density at radius 2 is 1.71 bits per heavy atom. The number of aromatic nitrogens is 1. The molecule has 1 heterocycles. The van der Waals surface area contributed by atoms with Crippen LogP contribution in [0, 0.1) is 0 Å². The number of aromatic amines is 1. The van der Waals surface area contributed by atoms with E-state index in [-0.39, 0.29) is 5.56 Å². The van der Waals surface area contributed by atoms with Crippen molar-refractivity contribution < 1.29 is 27.5 Å². The summed E-state index contributed by atoms with van der Waals surface area (Å²) in [6.45, 7) is -0.813. The van der Waals surface area contributed by atoms with Gasteiger partial charge in [0.2, 0.25) is 5.56 Å². The molecule has 9 heteroatoms. The monoisotopic (exact) mass is 390 g/mol. The Morgan fingerprint density at radius 3 is 2.46 bits per heavy atom. The maximum absolute atomic E-state index is 13.0. The number of hydrogen-bond acceptors (Lipinski definition) is 4. The Bertz CT molecular complexity index is 1110. The SMILES string of the molecule is O=C(COC(=O)c1cc(=O)[nH]c2ccccc12)Nc1ccccc1C(F)(F)F. The summed E-state index contributed by atoms with van der Waals surface area (Å²) in [5.41, 5.74) is -1.64. The third kappa shape index (κ3) is 4.20. The van der Waals surface area contributed by atoms with Crippen LogP contribution in [0.1, 0.15) is 15.9 Å². The number of carbonyl (C=O) groups is 2. The van der Waals surface area contributed by atoms with Crippen molar-refractivity contribution in [1.82, 2.24) is 4.98 Å². The smallest absolute Gasteiger partial charge is 0.418 e. The molecule has 0 aliphatic heterocycles. The molecule has 144 valence electrons. The Hall–Kier alpha value is -3.62. The highest BCUT2D eigenvalue weighted by Crippen LogP contribution is 2.34. The van der Waals surface area contributed by atoms with Gasteiger partial charge >= 0.3 is 12.1 Å². The van der Waals surface area contributed by atoms with Crippen LogP contribution >= 0.6 is 0 Å². The van der Waals surface area contributed by atoms with E-state index in [2.05, 4.69) is 10.3 Å². The molecule has 0 unspecified atom stereocenters. The van der Waals surface area contributed by atoms with Crippen molar-refractivity contribution in [3.8, 4) is 0 Å². The number of para-hydroxylation sites is 2. The Balaban J connectivity index is 1.73. The average molecular weight is 390 g/mol. The third-order valence-electron chi connectivity index (χ3n) is 3.81. The molecule has 2 N–H and O–H groups in total. The van der Waals surface area contributed by atoms with Crippen molar-refractivity contribution in [2.24, 2.45) is 0 Å². The van der Waals surface area contributed by atoms with Crippen LogP contribution in [0.25, 0.3) is 10.9 Å². The Labute approximate surface area is 155 Å². The van der Waals surface area contributed by atoms with Crippen LogP contribution in [0.5, 0.6) is 0 Å². The molecule has 0 aliphatic rings. The molecule has 3 rings (SSSR count). The molecule has 0 atom stereocenters. The van der Waals surface area contributed by atoms with Gasteiger partial charge in [-0.15, -0.1) is 0 Å². The number of benzene rings is 2. The third-order valence-corrected chi connectivity index (χ3v) is 3.81. The summed E-state index contributed by atoms with van der Waals surface area (Å²) in [6.07, 6.45) is -4.65. The van der Waals surface area contributed by atoms with Gasteiger partial charge in [0.05, 0.1) is 16.8 Å². The van der Waals surface area contributed by atoms with Gasteiger partial charge in [-0.25, -0.2) is 4.79 Å². The van der Waals surface area contributed by atoms with E-state index in [1.807, 2.05) is 0 Å². The quantitative estimate of drug-likeness (QED) is 0.669. The number of hydrogen-bond donors (Lipinski definition) is 2. The molecule has 0 saturated carbocycles. The lowest BCUT2D eigenvalue weighted by atomic mass is 10.1. The van der Waals surface area contributed by atoms with Gasteiger partial charge in [-0.1, -0.05) is 30.3 Å². The van der Waals surface area contributed by atoms with Crippen molar-refractivity contribution >= 4 is 28.5 Å². The molecule has 0 spiro atoms. The highest BCUT2D eigenvalue weighted by atomic mass is 19.4. The summed E-state index contributed by atoms with van der Waals surface area (Å²) < 4.78 is 43.7. The summed E-state index contributed by atoms with van der Waals surface area (Å²) in [7, 11) is 0. The highest BCUT2D eigenvalue weighted by molar-refractivity contribution is 6.04. The van der Waals surface area contributed by atoms with E-state index in [0.717, 1.165) is 18.2 Å². The van der Waals surface area contributed by atoms with E-state index < -0.39 is 41.5 Å². The van der Waals surface area contributed by atoms with E-state index in [1.54, 1.807) is 24.3 Å². The first-order valence-corrected chi connectivity index (χ1v) is 8.01. The van der Waals surface area contributed by atoms with E-state index in [0.29, 0.717) is 10.9 Å². The summed E-state index contributed by atoms with van der Waals surface area (Å²) in [6, 6.07) is 12.0. The topological polar surface area (TPSA) is 88.3 Å². The zero-order chi connectivity index (χ0) is 20.3. The van der Waals surface area contributed by atoms with Gasteiger partial charge in [0.1, 0.15) is 0 Å². The average Bonchev–Trinajstić information content (AvgIpc) is 2.65. The molecule has 28 heavy (non-hydrogen) atoms. The number of ether oxygens (including phenoxy) is 1. The number of esters is 1. The Morgan fingerprint density at radius 1 is 1.04 bits per heavy atom. The van der Waals surface area contributed by atoms with Gasteiger partial charge in [0.15, 0.2) is 6.61 Å². The number of carbonyl (C=O) groups excluding carboxylic acids is 2. The molecule has 3 aromatic rings. The second kappa shape index (κ2) is 7.55. The first-order valence-electron chi connectivity index (χ1n) is 8.01. The second-order valence-corrected chi connectivity index (χ2v) is 5.76. The summed E-state index contributed by atoms with van der Waals surface area (Å²) >= 11 is 0. The minimum Gasteiger partial charge on any atom is -0.452 e. The molecule has 0 fully saturated rings. The first-order chi connectivity index (χ1) is 13.3. The van der Waals surface area contributed by atoms with Crippen molar-refractivity contribution in [2.45, 2.75) is 6.18 Å². The number of halogens is 3. The molecule has 2 aromatic carbocycles. The van der Waals surface area contributed by atoms with Gasteiger partial charge in [-0.05, 0) is 18.2 Å². The fraction of sp³-hybridized carbons (Fsp3) is 0.105. The molecular weight excluding hydrogens is 377 g/mol. The van der Waals surface area contributed by atoms with E-state index in [1.165, 1.54) is 12.1 Å². The molecule has 6 nitrogen and oxygen atoms in total. The van der Waals surface area contributed by atoms with Gasteiger partial charge in [-0.3, -0.25) is 9.59 Å². The second-order valence-electron chi connectivity index (χ2n) is 5.76. The lowest BCUT2D eigenvalue weighted by Gasteiger charge is -2.13. The number of nitrogens with one attached hydrogen (secondary N) is 2. The van der Waals surface area contributed by atoms with Gasteiger partial charge in [-0.2, -0.15) is 13.2 Å². The van der Waals surface area contributed by atoms with E-state index in [4.69, 9.17) is 4.74 Å². The lowest BCUT2D eigenvalue weighted by Crippen LogP contribution is -2.23. The summed E-state index contributed by atoms with van der Waals surface area (Å²) in [5, 5.41) is 2.48. The minimum atomic E-state index is -4.65. The van der Waals surface area contributed by atoms with Crippen LogP contribution in [-0.4, -0.2) is 23.5 Å². The summed E-state index contributed by atoms with van der Waals surface area (Å²) in [5.74, 6) is -1.89. The fourth-order valence-electron chi connectivity index (χ4n) is 2.61. The van der Waals surface area contributed by atoms with Crippen LogP contribution in [0.2, 0.25) is 0 Å². The number of rotatable bonds is 4. The molecule has 0 radical (unpaired) electrons. The number of fused-ring (bicyclic) bond motifs is 1. The maximum Gasteiger partial charge on any atom is 0.418 e. The zero-order valence-electron chi connectivity index (χ0n) is 14.2. The molecule has 0 bridgehead atoms. The summed E-state index contributed by atoms with van der Waals surface area (Å²) in [4.78, 5) is 38.4. The van der Waals surface area contributed by atoms with Gasteiger partial charge in [0, 0.05) is 17.0 Å². The maximum atomic E-state index is 13.0. The minimum absolute atomic E-state index is 0.0529. The van der Waals surface area contributed by atoms with Crippen molar-refractivity contribution in [3.63, 3.8) is 0 Å². The zero-order valence-corrected chi connectivity index (χ0v) is 14.2. The van der Waals surface area contributed by atoms with Crippen molar-refractivity contribution in [3.05, 3.63) is 76.1 Å². The number of amides is 1.